The van der Waals surface area contributed by atoms with Crippen molar-refractivity contribution in [1.82, 2.24) is 4.58 Å². The molecule has 0 saturated heterocycles. The van der Waals surface area contributed by atoms with Crippen molar-refractivity contribution in [2.75, 3.05) is 14.1 Å². The zero-order valence-corrected chi connectivity index (χ0v) is 9.04. The normalized spacial score (nSPS) is 10.1. The molecule has 1 aromatic heterocycles. The second-order valence-corrected chi connectivity index (χ2v) is 4.05. The van der Waals surface area contributed by atoms with E-state index in [1.54, 1.807) is 11.3 Å². The lowest BCUT2D eigenvalue weighted by Gasteiger charge is -1.91. The SMILES string of the molecule is C[N+](C)=c1oc(-c2ccccc2)cs1. The van der Waals surface area contributed by atoms with Crippen molar-refractivity contribution in [2.24, 2.45) is 0 Å². The molecule has 2 aromatic rings. The van der Waals surface area contributed by atoms with Gasteiger partial charge >= 0.3 is 4.87 Å². The molecule has 0 atom stereocenters. The minimum Gasteiger partial charge on any atom is -0.396 e. The first-order valence-electron chi connectivity index (χ1n) is 4.42. The van der Waals surface area contributed by atoms with Crippen LogP contribution in [0, 0.1) is 0 Å². The molecule has 72 valence electrons. The van der Waals surface area contributed by atoms with Gasteiger partial charge in [-0.25, -0.2) is 0 Å². The number of hydrogen-bond donors (Lipinski definition) is 0. The lowest BCUT2D eigenvalue weighted by Crippen LogP contribution is -2.16. The second-order valence-electron chi connectivity index (χ2n) is 3.23. The summed E-state index contributed by atoms with van der Waals surface area (Å²) in [6.07, 6.45) is 0. The molecule has 0 aliphatic carbocycles. The molecule has 2 nitrogen and oxygen atoms in total. The van der Waals surface area contributed by atoms with Gasteiger partial charge in [0.1, 0.15) is 14.1 Å². The van der Waals surface area contributed by atoms with Crippen molar-refractivity contribution in [1.29, 1.82) is 0 Å². The van der Waals surface area contributed by atoms with Gasteiger partial charge in [0.25, 0.3) is 0 Å². The third-order valence-electron chi connectivity index (χ3n) is 1.89. The average molecular weight is 206 g/mol. The van der Waals surface area contributed by atoms with Crippen molar-refractivity contribution < 1.29 is 4.42 Å². The number of rotatable bonds is 1. The molecule has 1 heterocycles. The van der Waals surface area contributed by atoms with Gasteiger partial charge in [0.15, 0.2) is 5.76 Å². The summed E-state index contributed by atoms with van der Waals surface area (Å²) in [6, 6.07) is 10.1. The van der Waals surface area contributed by atoms with E-state index in [9.17, 15) is 0 Å². The van der Waals surface area contributed by atoms with Gasteiger partial charge in [0, 0.05) is 10.9 Å². The molecule has 2 rings (SSSR count). The first-order chi connectivity index (χ1) is 6.77. The van der Waals surface area contributed by atoms with Gasteiger partial charge in [0.05, 0.1) is 0 Å². The van der Waals surface area contributed by atoms with E-state index in [2.05, 4.69) is 0 Å². The van der Waals surface area contributed by atoms with E-state index in [4.69, 9.17) is 4.42 Å². The van der Waals surface area contributed by atoms with E-state index in [1.165, 1.54) is 0 Å². The molecule has 0 saturated carbocycles. The Labute approximate surface area is 86.8 Å². The van der Waals surface area contributed by atoms with E-state index in [0.717, 1.165) is 16.2 Å². The lowest BCUT2D eigenvalue weighted by atomic mass is 10.2. The number of nitrogens with zero attached hydrogens (tertiary/aromatic N) is 1. The van der Waals surface area contributed by atoms with Crippen LogP contribution in [0.3, 0.4) is 0 Å². The zero-order valence-electron chi connectivity index (χ0n) is 8.23. The lowest BCUT2D eigenvalue weighted by molar-refractivity contribution is 0.495. The summed E-state index contributed by atoms with van der Waals surface area (Å²) in [4.78, 5) is 0.920. The van der Waals surface area contributed by atoms with Gasteiger partial charge < -0.3 is 4.42 Å². The summed E-state index contributed by atoms with van der Waals surface area (Å²) in [6.45, 7) is 0. The van der Waals surface area contributed by atoms with Crippen LogP contribution in [0.25, 0.3) is 11.3 Å². The first kappa shape index (κ1) is 9.21. The highest BCUT2D eigenvalue weighted by Gasteiger charge is 2.04. The maximum Gasteiger partial charge on any atom is 0.429 e. The molecule has 0 aliphatic heterocycles. The molecular weight excluding hydrogens is 194 g/mol. The molecule has 3 heteroatoms. The molecular formula is C11H12NOS+. The quantitative estimate of drug-likeness (QED) is 0.652. The van der Waals surface area contributed by atoms with Crippen LogP contribution >= 0.6 is 11.3 Å². The highest BCUT2D eigenvalue weighted by atomic mass is 32.1. The largest absolute Gasteiger partial charge is 0.429 e. The Morgan fingerprint density at radius 1 is 1.14 bits per heavy atom. The van der Waals surface area contributed by atoms with Gasteiger partial charge in [-0.2, -0.15) is 4.58 Å². The number of hydrogen-bond acceptors (Lipinski definition) is 2. The Bertz CT molecular complexity index is 477. The predicted octanol–water partition coefficient (Wildman–Crippen LogP) is 2.04. The van der Waals surface area contributed by atoms with Crippen LogP contribution in [0.1, 0.15) is 0 Å². The van der Waals surface area contributed by atoms with Crippen molar-refractivity contribution in [3.8, 4) is 11.3 Å². The second kappa shape index (κ2) is 3.80. The summed E-state index contributed by atoms with van der Waals surface area (Å²) in [5.74, 6) is 0.930. The smallest absolute Gasteiger partial charge is 0.396 e. The van der Waals surface area contributed by atoms with Crippen LogP contribution in [0.2, 0.25) is 0 Å². The molecule has 0 fully saturated rings. The van der Waals surface area contributed by atoms with Gasteiger partial charge in [-0.15, -0.1) is 0 Å². The Balaban J connectivity index is 2.50. The fourth-order valence-electron chi connectivity index (χ4n) is 1.17. The standard InChI is InChI=1S/C11H12NOS/c1-12(2)11-13-10(8-14-11)9-6-4-3-5-7-9/h3-8H,1-2H3/q+1. The molecule has 0 spiro atoms. The van der Waals surface area contributed by atoms with Gasteiger partial charge in [-0.3, -0.25) is 0 Å². The van der Waals surface area contributed by atoms with Crippen LogP contribution in [-0.4, -0.2) is 14.1 Å². The Morgan fingerprint density at radius 3 is 2.43 bits per heavy atom. The molecule has 1 aromatic carbocycles. The molecule has 0 unspecified atom stereocenters. The van der Waals surface area contributed by atoms with Crippen LogP contribution in [-0.2, 0) is 0 Å². The summed E-state index contributed by atoms with van der Waals surface area (Å²) in [5, 5.41) is 2.03. The maximum atomic E-state index is 5.68. The minimum absolute atomic E-state index is 0.920. The third kappa shape index (κ3) is 1.77. The monoisotopic (exact) mass is 206 g/mol. The molecule has 0 aliphatic rings. The molecule has 0 N–H and O–H groups in total. The van der Waals surface area contributed by atoms with Crippen LogP contribution in [0.5, 0.6) is 0 Å². The average Bonchev–Trinajstić information content (AvgIpc) is 2.68. The van der Waals surface area contributed by atoms with Crippen LogP contribution in [0.4, 0.5) is 0 Å². The fourth-order valence-corrected chi connectivity index (χ4v) is 1.91. The minimum atomic E-state index is 0.920. The van der Waals surface area contributed by atoms with E-state index < -0.39 is 0 Å². The first-order valence-corrected chi connectivity index (χ1v) is 5.30. The van der Waals surface area contributed by atoms with Crippen LogP contribution < -0.4 is 9.44 Å². The van der Waals surface area contributed by atoms with Gasteiger partial charge in [0.2, 0.25) is 0 Å². The molecule has 0 amide bonds. The Hall–Kier alpha value is -1.35. The van der Waals surface area contributed by atoms with E-state index in [1.807, 2.05) is 54.4 Å². The van der Waals surface area contributed by atoms with Crippen molar-refractivity contribution in [3.05, 3.63) is 40.6 Å². The van der Waals surface area contributed by atoms with Crippen LogP contribution in [0.15, 0.2) is 40.1 Å². The van der Waals surface area contributed by atoms with Crippen molar-refractivity contribution in [2.45, 2.75) is 0 Å². The van der Waals surface area contributed by atoms with E-state index in [-0.39, 0.29) is 0 Å². The predicted molar refractivity (Wildman–Crippen MR) is 59.1 cm³/mol. The Kier molecular flexibility index (Phi) is 2.50. The third-order valence-corrected chi connectivity index (χ3v) is 2.87. The summed E-state index contributed by atoms with van der Waals surface area (Å²) >= 11 is 1.61. The molecule has 14 heavy (non-hydrogen) atoms. The summed E-state index contributed by atoms with van der Waals surface area (Å²) in [7, 11) is 3.95. The maximum absolute atomic E-state index is 5.68. The van der Waals surface area contributed by atoms with Crippen molar-refractivity contribution >= 4 is 11.3 Å². The fraction of sp³-hybridized carbons (Fsp3) is 0.182. The van der Waals surface area contributed by atoms with E-state index >= 15 is 0 Å². The molecule has 0 radical (unpaired) electrons. The van der Waals surface area contributed by atoms with Crippen molar-refractivity contribution in [3.63, 3.8) is 0 Å². The number of benzene rings is 1. The van der Waals surface area contributed by atoms with Gasteiger partial charge in [-0.05, 0) is 11.3 Å². The highest BCUT2D eigenvalue weighted by molar-refractivity contribution is 7.07. The zero-order chi connectivity index (χ0) is 9.97. The van der Waals surface area contributed by atoms with E-state index in [0.29, 0.717) is 0 Å². The summed E-state index contributed by atoms with van der Waals surface area (Å²) in [5.41, 5.74) is 1.12. The molecule has 0 bridgehead atoms. The summed E-state index contributed by atoms with van der Waals surface area (Å²) < 4.78 is 7.64. The van der Waals surface area contributed by atoms with Gasteiger partial charge in [-0.1, -0.05) is 30.3 Å². The topological polar surface area (TPSA) is 16.1 Å². The Morgan fingerprint density at radius 2 is 1.86 bits per heavy atom. The highest BCUT2D eigenvalue weighted by Crippen LogP contribution is 2.18.